The van der Waals surface area contributed by atoms with Crippen LogP contribution in [0.2, 0.25) is 0 Å². The second-order valence-electron chi connectivity index (χ2n) is 4.15. The van der Waals surface area contributed by atoms with Gasteiger partial charge >= 0.3 is 0 Å². The number of nitrogens with zero attached hydrogens (tertiary/aromatic N) is 2. The van der Waals surface area contributed by atoms with Crippen LogP contribution in [0.1, 0.15) is 19.5 Å². The SMILES string of the molecule is CC(C)NCc1cnc(-c2ccc(Br)cn2)[nH]1. The first-order valence-electron chi connectivity index (χ1n) is 5.54. The fourth-order valence-electron chi connectivity index (χ4n) is 1.41. The van der Waals surface area contributed by atoms with E-state index in [-0.39, 0.29) is 0 Å². The summed E-state index contributed by atoms with van der Waals surface area (Å²) in [5.74, 6) is 0.804. The highest BCUT2D eigenvalue weighted by molar-refractivity contribution is 9.10. The molecule has 0 bridgehead atoms. The summed E-state index contributed by atoms with van der Waals surface area (Å²) in [6.07, 6.45) is 3.61. The Morgan fingerprint density at radius 2 is 2.12 bits per heavy atom. The summed E-state index contributed by atoms with van der Waals surface area (Å²) in [4.78, 5) is 11.9. The zero-order valence-electron chi connectivity index (χ0n) is 9.87. The average Bonchev–Trinajstić information content (AvgIpc) is 2.76. The summed E-state index contributed by atoms with van der Waals surface area (Å²) in [5, 5.41) is 3.34. The fourth-order valence-corrected chi connectivity index (χ4v) is 1.64. The van der Waals surface area contributed by atoms with E-state index in [4.69, 9.17) is 0 Å². The lowest BCUT2D eigenvalue weighted by atomic mass is 10.3. The molecule has 0 saturated carbocycles. The molecule has 2 rings (SSSR count). The maximum atomic E-state index is 4.32. The molecule has 0 aromatic carbocycles. The van der Waals surface area contributed by atoms with Crippen molar-refractivity contribution in [3.05, 3.63) is 34.7 Å². The highest BCUT2D eigenvalue weighted by Gasteiger charge is 2.04. The van der Waals surface area contributed by atoms with E-state index >= 15 is 0 Å². The van der Waals surface area contributed by atoms with Crippen molar-refractivity contribution in [2.75, 3.05) is 0 Å². The summed E-state index contributed by atoms with van der Waals surface area (Å²) in [6, 6.07) is 4.35. The molecular formula is C12H15BrN4. The highest BCUT2D eigenvalue weighted by Crippen LogP contribution is 2.15. The van der Waals surface area contributed by atoms with Crippen LogP contribution in [-0.4, -0.2) is 21.0 Å². The molecule has 0 aliphatic rings. The number of H-pyrrole nitrogens is 1. The molecule has 0 atom stereocenters. The van der Waals surface area contributed by atoms with Crippen LogP contribution >= 0.6 is 15.9 Å². The van der Waals surface area contributed by atoms with E-state index in [1.807, 2.05) is 18.3 Å². The lowest BCUT2D eigenvalue weighted by Crippen LogP contribution is -2.21. The molecule has 2 aromatic heterocycles. The second-order valence-corrected chi connectivity index (χ2v) is 5.07. The van der Waals surface area contributed by atoms with Crippen LogP contribution < -0.4 is 5.32 Å². The third-order valence-corrected chi connectivity index (χ3v) is 2.77. The third-order valence-electron chi connectivity index (χ3n) is 2.30. The van der Waals surface area contributed by atoms with Crippen LogP contribution in [0, 0.1) is 0 Å². The van der Waals surface area contributed by atoms with Crippen molar-refractivity contribution >= 4 is 15.9 Å². The Hall–Kier alpha value is -1.20. The monoisotopic (exact) mass is 294 g/mol. The summed E-state index contributed by atoms with van der Waals surface area (Å²) in [5.41, 5.74) is 1.92. The molecule has 2 heterocycles. The van der Waals surface area contributed by atoms with E-state index in [0.29, 0.717) is 6.04 Å². The van der Waals surface area contributed by atoms with E-state index in [1.165, 1.54) is 0 Å². The summed E-state index contributed by atoms with van der Waals surface area (Å²) < 4.78 is 0.967. The maximum Gasteiger partial charge on any atom is 0.156 e. The molecule has 0 saturated heterocycles. The minimum atomic E-state index is 0.465. The van der Waals surface area contributed by atoms with E-state index < -0.39 is 0 Å². The van der Waals surface area contributed by atoms with Crippen molar-refractivity contribution in [3.63, 3.8) is 0 Å². The van der Waals surface area contributed by atoms with Gasteiger partial charge in [0, 0.05) is 29.0 Å². The van der Waals surface area contributed by atoms with Crippen LogP contribution in [0.3, 0.4) is 0 Å². The fraction of sp³-hybridized carbons (Fsp3) is 0.333. The van der Waals surface area contributed by atoms with Gasteiger partial charge in [-0.3, -0.25) is 4.98 Å². The van der Waals surface area contributed by atoms with Gasteiger partial charge in [-0.25, -0.2) is 4.98 Å². The largest absolute Gasteiger partial charge is 0.339 e. The predicted octanol–water partition coefficient (Wildman–Crippen LogP) is 2.73. The predicted molar refractivity (Wildman–Crippen MR) is 71.5 cm³/mol. The van der Waals surface area contributed by atoms with Crippen LogP contribution in [0.15, 0.2) is 29.0 Å². The number of pyridine rings is 1. The van der Waals surface area contributed by atoms with Gasteiger partial charge in [0.1, 0.15) is 5.69 Å². The Kier molecular flexibility index (Phi) is 3.91. The Morgan fingerprint density at radius 1 is 1.29 bits per heavy atom. The van der Waals surface area contributed by atoms with Gasteiger partial charge in [-0.1, -0.05) is 13.8 Å². The van der Waals surface area contributed by atoms with Gasteiger partial charge in [-0.05, 0) is 28.1 Å². The molecule has 4 nitrogen and oxygen atoms in total. The zero-order valence-corrected chi connectivity index (χ0v) is 11.5. The standard InChI is InChI=1S/C12H15BrN4/c1-8(2)14-6-10-7-16-12(17-10)11-4-3-9(13)5-15-11/h3-5,7-8,14H,6H2,1-2H3,(H,16,17). The summed E-state index contributed by atoms with van der Waals surface area (Å²) >= 11 is 3.36. The molecular weight excluding hydrogens is 280 g/mol. The molecule has 5 heteroatoms. The van der Waals surface area contributed by atoms with Gasteiger partial charge < -0.3 is 10.3 Å². The minimum absolute atomic E-state index is 0.465. The van der Waals surface area contributed by atoms with E-state index in [2.05, 4.69) is 50.0 Å². The van der Waals surface area contributed by atoms with Crippen molar-refractivity contribution in [2.24, 2.45) is 0 Å². The number of imidazole rings is 1. The van der Waals surface area contributed by atoms with Gasteiger partial charge in [-0.15, -0.1) is 0 Å². The number of nitrogens with one attached hydrogen (secondary N) is 2. The van der Waals surface area contributed by atoms with Crippen molar-refractivity contribution in [1.29, 1.82) is 0 Å². The lowest BCUT2D eigenvalue weighted by Gasteiger charge is -2.05. The number of rotatable bonds is 4. The molecule has 0 spiro atoms. The Morgan fingerprint density at radius 3 is 2.76 bits per heavy atom. The zero-order chi connectivity index (χ0) is 12.3. The second kappa shape index (κ2) is 5.42. The topological polar surface area (TPSA) is 53.6 Å². The molecule has 0 aliphatic carbocycles. The van der Waals surface area contributed by atoms with Gasteiger partial charge in [0.25, 0.3) is 0 Å². The van der Waals surface area contributed by atoms with Crippen molar-refractivity contribution < 1.29 is 0 Å². The maximum absolute atomic E-state index is 4.32. The van der Waals surface area contributed by atoms with E-state index in [1.54, 1.807) is 6.20 Å². The van der Waals surface area contributed by atoms with Crippen LogP contribution in [0.4, 0.5) is 0 Å². The van der Waals surface area contributed by atoms with Gasteiger partial charge in [0.2, 0.25) is 0 Å². The number of aromatic amines is 1. The Balaban J connectivity index is 2.10. The minimum Gasteiger partial charge on any atom is -0.339 e. The molecule has 0 fully saturated rings. The lowest BCUT2D eigenvalue weighted by molar-refractivity contribution is 0.583. The molecule has 0 aliphatic heterocycles. The molecule has 0 amide bonds. The van der Waals surface area contributed by atoms with Crippen molar-refractivity contribution in [2.45, 2.75) is 26.4 Å². The van der Waals surface area contributed by atoms with Gasteiger partial charge in [0.05, 0.1) is 6.20 Å². The average molecular weight is 295 g/mol. The number of aromatic nitrogens is 3. The van der Waals surface area contributed by atoms with Crippen LogP contribution in [0.5, 0.6) is 0 Å². The molecule has 2 N–H and O–H groups in total. The quantitative estimate of drug-likeness (QED) is 0.912. The Bertz CT molecular complexity index is 476. The number of halogens is 1. The Labute approximate surface area is 109 Å². The molecule has 2 aromatic rings. The summed E-state index contributed by atoms with van der Waals surface area (Å²) in [7, 11) is 0. The smallest absolute Gasteiger partial charge is 0.156 e. The summed E-state index contributed by atoms with van der Waals surface area (Å²) in [6.45, 7) is 5.03. The van der Waals surface area contributed by atoms with Gasteiger partial charge in [0.15, 0.2) is 5.82 Å². The van der Waals surface area contributed by atoms with Gasteiger partial charge in [-0.2, -0.15) is 0 Å². The van der Waals surface area contributed by atoms with Crippen molar-refractivity contribution in [3.8, 4) is 11.5 Å². The first-order valence-corrected chi connectivity index (χ1v) is 6.33. The van der Waals surface area contributed by atoms with Crippen molar-refractivity contribution in [1.82, 2.24) is 20.3 Å². The molecule has 0 radical (unpaired) electrons. The number of hydrogen-bond donors (Lipinski definition) is 2. The molecule has 17 heavy (non-hydrogen) atoms. The normalized spacial score (nSPS) is 11.1. The van der Waals surface area contributed by atoms with E-state index in [9.17, 15) is 0 Å². The van der Waals surface area contributed by atoms with Crippen LogP contribution in [-0.2, 0) is 6.54 Å². The first kappa shape index (κ1) is 12.3. The third kappa shape index (κ3) is 3.38. The molecule has 0 unspecified atom stereocenters. The molecule has 90 valence electrons. The number of hydrogen-bond acceptors (Lipinski definition) is 3. The highest BCUT2D eigenvalue weighted by atomic mass is 79.9. The first-order chi connectivity index (χ1) is 8.15. The van der Waals surface area contributed by atoms with E-state index in [0.717, 1.165) is 28.2 Å². The van der Waals surface area contributed by atoms with Crippen LogP contribution in [0.25, 0.3) is 11.5 Å².